The smallest absolute Gasteiger partial charge is 0.237 e. The third kappa shape index (κ3) is 3.58. The van der Waals surface area contributed by atoms with Crippen molar-refractivity contribution in [2.75, 3.05) is 0 Å². The molecule has 0 radical (unpaired) electrons. The van der Waals surface area contributed by atoms with E-state index in [2.05, 4.69) is 11.4 Å². The Morgan fingerprint density at radius 1 is 1.50 bits per heavy atom. The van der Waals surface area contributed by atoms with Crippen molar-refractivity contribution in [3.05, 3.63) is 22.4 Å². The molecule has 1 atom stereocenters. The van der Waals surface area contributed by atoms with Crippen molar-refractivity contribution < 1.29 is 4.79 Å². The minimum absolute atomic E-state index is 0.0993. The number of carbonyl (C=O) groups excluding carboxylic acids is 1. The van der Waals surface area contributed by atoms with Crippen LogP contribution in [-0.4, -0.2) is 11.9 Å². The standard InChI is InChI=1S/C14H18N2OS/c15-10-11(9-13-7-4-8-18-13)14(17)16-12-5-2-1-3-6-12/h4,7-8,11-12H,1-3,5-6,9H2,(H,16,17). The second-order valence-corrected chi connectivity index (χ2v) is 5.84. The van der Waals surface area contributed by atoms with E-state index in [9.17, 15) is 4.79 Å². The normalized spacial score (nSPS) is 17.9. The zero-order chi connectivity index (χ0) is 12.8. The Labute approximate surface area is 112 Å². The maximum absolute atomic E-state index is 12.0. The van der Waals surface area contributed by atoms with Gasteiger partial charge in [0, 0.05) is 17.3 Å². The first kappa shape index (κ1) is 13.1. The van der Waals surface area contributed by atoms with E-state index in [1.54, 1.807) is 11.3 Å². The number of rotatable bonds is 4. The van der Waals surface area contributed by atoms with Crippen LogP contribution in [0.25, 0.3) is 0 Å². The highest BCUT2D eigenvalue weighted by Crippen LogP contribution is 2.19. The van der Waals surface area contributed by atoms with Crippen molar-refractivity contribution in [1.82, 2.24) is 5.32 Å². The summed E-state index contributed by atoms with van der Waals surface area (Å²) in [6.45, 7) is 0. The molecule has 1 aliphatic carbocycles. The molecule has 1 aliphatic rings. The molecule has 0 spiro atoms. The summed E-state index contributed by atoms with van der Waals surface area (Å²) in [6, 6.07) is 6.33. The second-order valence-electron chi connectivity index (χ2n) is 4.81. The van der Waals surface area contributed by atoms with Crippen molar-refractivity contribution in [1.29, 1.82) is 5.26 Å². The minimum atomic E-state index is -0.550. The van der Waals surface area contributed by atoms with Gasteiger partial charge < -0.3 is 5.32 Å². The Morgan fingerprint density at radius 2 is 2.28 bits per heavy atom. The lowest BCUT2D eigenvalue weighted by Gasteiger charge is -2.23. The Morgan fingerprint density at radius 3 is 2.89 bits per heavy atom. The molecule has 0 aromatic carbocycles. The van der Waals surface area contributed by atoms with Gasteiger partial charge in [-0.15, -0.1) is 11.3 Å². The van der Waals surface area contributed by atoms with E-state index in [0.29, 0.717) is 6.42 Å². The van der Waals surface area contributed by atoms with Gasteiger partial charge in [0.15, 0.2) is 0 Å². The first-order valence-corrected chi connectivity index (χ1v) is 7.40. The molecule has 4 heteroatoms. The summed E-state index contributed by atoms with van der Waals surface area (Å²) < 4.78 is 0. The van der Waals surface area contributed by atoms with Crippen LogP contribution >= 0.6 is 11.3 Å². The third-order valence-corrected chi connectivity index (χ3v) is 4.31. The monoisotopic (exact) mass is 262 g/mol. The molecule has 96 valence electrons. The summed E-state index contributed by atoms with van der Waals surface area (Å²) in [5, 5.41) is 14.1. The van der Waals surface area contributed by atoms with Crippen LogP contribution < -0.4 is 5.32 Å². The van der Waals surface area contributed by atoms with Gasteiger partial charge in [0.25, 0.3) is 0 Å². The summed E-state index contributed by atoms with van der Waals surface area (Å²) >= 11 is 1.60. The Balaban J connectivity index is 1.87. The maximum Gasteiger partial charge on any atom is 0.237 e. The average molecular weight is 262 g/mol. The van der Waals surface area contributed by atoms with Crippen molar-refractivity contribution in [2.45, 2.75) is 44.6 Å². The second kappa shape index (κ2) is 6.55. The number of nitrogens with zero attached hydrogens (tertiary/aromatic N) is 1. The van der Waals surface area contributed by atoms with Gasteiger partial charge in [0.1, 0.15) is 5.92 Å². The predicted molar refractivity (Wildman–Crippen MR) is 72.1 cm³/mol. The van der Waals surface area contributed by atoms with Crippen LogP contribution in [-0.2, 0) is 11.2 Å². The van der Waals surface area contributed by atoms with E-state index in [1.807, 2.05) is 17.5 Å². The first-order valence-electron chi connectivity index (χ1n) is 6.52. The van der Waals surface area contributed by atoms with Crippen LogP contribution in [0.5, 0.6) is 0 Å². The molecule has 3 nitrogen and oxygen atoms in total. The Hall–Kier alpha value is -1.34. The molecular formula is C14H18N2OS. The number of hydrogen-bond acceptors (Lipinski definition) is 3. The molecule has 0 aliphatic heterocycles. The molecule has 2 rings (SSSR count). The molecule has 0 saturated heterocycles. The van der Waals surface area contributed by atoms with E-state index in [0.717, 1.165) is 17.7 Å². The molecule has 1 unspecified atom stereocenters. The average Bonchev–Trinajstić information content (AvgIpc) is 2.90. The predicted octanol–water partition coefficient (Wildman–Crippen LogP) is 2.88. The molecule has 1 N–H and O–H groups in total. The third-order valence-electron chi connectivity index (χ3n) is 3.41. The van der Waals surface area contributed by atoms with E-state index < -0.39 is 5.92 Å². The van der Waals surface area contributed by atoms with Gasteiger partial charge in [-0.25, -0.2) is 0 Å². The minimum Gasteiger partial charge on any atom is -0.352 e. The number of nitriles is 1. The number of carbonyl (C=O) groups is 1. The lowest BCUT2D eigenvalue weighted by atomic mass is 9.94. The van der Waals surface area contributed by atoms with Gasteiger partial charge in [-0.05, 0) is 24.3 Å². The maximum atomic E-state index is 12.0. The largest absolute Gasteiger partial charge is 0.352 e. The van der Waals surface area contributed by atoms with Crippen LogP contribution in [0.3, 0.4) is 0 Å². The Kier molecular flexibility index (Phi) is 4.77. The van der Waals surface area contributed by atoms with Crippen molar-refractivity contribution in [2.24, 2.45) is 5.92 Å². The molecule has 1 aromatic rings. The lowest BCUT2D eigenvalue weighted by Crippen LogP contribution is -2.40. The van der Waals surface area contributed by atoms with Gasteiger partial charge in [0.05, 0.1) is 6.07 Å². The van der Waals surface area contributed by atoms with Gasteiger partial charge in [-0.3, -0.25) is 4.79 Å². The van der Waals surface area contributed by atoms with Crippen molar-refractivity contribution in [3.63, 3.8) is 0 Å². The van der Waals surface area contributed by atoms with Gasteiger partial charge >= 0.3 is 0 Å². The number of hydrogen-bond donors (Lipinski definition) is 1. The first-order chi connectivity index (χ1) is 8.79. The topological polar surface area (TPSA) is 52.9 Å². The quantitative estimate of drug-likeness (QED) is 0.907. The van der Waals surface area contributed by atoms with Crippen LogP contribution in [0.2, 0.25) is 0 Å². The molecule has 1 saturated carbocycles. The van der Waals surface area contributed by atoms with Gasteiger partial charge in [0.2, 0.25) is 5.91 Å². The molecule has 0 bridgehead atoms. The van der Waals surface area contributed by atoms with E-state index in [4.69, 9.17) is 5.26 Å². The van der Waals surface area contributed by atoms with Gasteiger partial charge in [-0.2, -0.15) is 5.26 Å². The fourth-order valence-electron chi connectivity index (χ4n) is 2.38. The van der Waals surface area contributed by atoms with Crippen LogP contribution in [0.15, 0.2) is 17.5 Å². The molecule has 1 aromatic heterocycles. The van der Waals surface area contributed by atoms with E-state index in [-0.39, 0.29) is 11.9 Å². The number of amides is 1. The fourth-order valence-corrected chi connectivity index (χ4v) is 3.13. The molecular weight excluding hydrogens is 244 g/mol. The van der Waals surface area contributed by atoms with Gasteiger partial charge in [-0.1, -0.05) is 25.3 Å². The molecule has 18 heavy (non-hydrogen) atoms. The summed E-state index contributed by atoms with van der Waals surface area (Å²) in [5.74, 6) is -0.650. The van der Waals surface area contributed by atoms with Crippen LogP contribution in [0.4, 0.5) is 0 Å². The zero-order valence-corrected chi connectivity index (χ0v) is 11.2. The summed E-state index contributed by atoms with van der Waals surface area (Å²) in [5.41, 5.74) is 0. The highest BCUT2D eigenvalue weighted by atomic mass is 32.1. The number of nitrogens with one attached hydrogen (secondary N) is 1. The SMILES string of the molecule is N#CC(Cc1cccs1)C(=O)NC1CCCCC1. The fraction of sp³-hybridized carbons (Fsp3) is 0.571. The van der Waals surface area contributed by atoms with Crippen LogP contribution in [0, 0.1) is 17.2 Å². The van der Waals surface area contributed by atoms with E-state index >= 15 is 0 Å². The van der Waals surface area contributed by atoms with E-state index in [1.165, 1.54) is 19.3 Å². The highest BCUT2D eigenvalue weighted by Gasteiger charge is 2.22. The summed E-state index contributed by atoms with van der Waals surface area (Å²) in [6.07, 6.45) is 6.29. The van der Waals surface area contributed by atoms with Crippen molar-refractivity contribution in [3.8, 4) is 6.07 Å². The van der Waals surface area contributed by atoms with Crippen LogP contribution in [0.1, 0.15) is 37.0 Å². The Bertz CT molecular complexity index is 416. The summed E-state index contributed by atoms with van der Waals surface area (Å²) in [7, 11) is 0. The molecule has 1 heterocycles. The molecule has 1 amide bonds. The summed E-state index contributed by atoms with van der Waals surface area (Å²) in [4.78, 5) is 13.1. The highest BCUT2D eigenvalue weighted by molar-refractivity contribution is 7.09. The zero-order valence-electron chi connectivity index (χ0n) is 10.4. The van der Waals surface area contributed by atoms with Crippen molar-refractivity contribution >= 4 is 17.2 Å². The number of thiophene rings is 1. The molecule has 1 fully saturated rings. The lowest BCUT2D eigenvalue weighted by molar-refractivity contribution is -0.124.